The summed E-state index contributed by atoms with van der Waals surface area (Å²) in [5, 5.41) is 1.11. The van der Waals surface area contributed by atoms with E-state index in [1.807, 2.05) is 22.8 Å². The van der Waals surface area contributed by atoms with Crippen molar-refractivity contribution >= 4 is 10.9 Å². The number of aryl methyl sites for hydroxylation is 2. The molecule has 0 saturated carbocycles. The maximum atomic E-state index is 12.7. The van der Waals surface area contributed by atoms with Gasteiger partial charge in [0.2, 0.25) is 0 Å². The van der Waals surface area contributed by atoms with Gasteiger partial charge in [0, 0.05) is 12.7 Å². The molecular weight excluding hydrogens is 276 g/mol. The summed E-state index contributed by atoms with van der Waals surface area (Å²) >= 11 is 0. The lowest BCUT2D eigenvalue weighted by Gasteiger charge is -2.20. The monoisotopic (exact) mass is 292 g/mol. The Morgan fingerprint density at radius 3 is 3.05 bits per heavy atom. The third kappa shape index (κ3) is 2.17. The third-order valence-electron chi connectivity index (χ3n) is 4.13. The van der Waals surface area contributed by atoms with Crippen LogP contribution in [-0.2, 0) is 19.6 Å². The Bertz CT molecular complexity index is 885. The van der Waals surface area contributed by atoms with E-state index in [1.165, 1.54) is 5.56 Å². The summed E-state index contributed by atoms with van der Waals surface area (Å²) in [6.07, 6.45) is 5.41. The zero-order valence-corrected chi connectivity index (χ0v) is 12.2. The highest BCUT2D eigenvalue weighted by molar-refractivity contribution is 5.83. The predicted molar refractivity (Wildman–Crippen MR) is 85.1 cm³/mol. The van der Waals surface area contributed by atoms with Crippen LogP contribution in [-0.4, -0.2) is 9.55 Å². The van der Waals surface area contributed by atoms with E-state index in [2.05, 4.69) is 23.2 Å². The van der Waals surface area contributed by atoms with Gasteiger partial charge in [-0.1, -0.05) is 18.2 Å². The average Bonchev–Trinajstić information content (AvgIpc) is 2.58. The fourth-order valence-electron chi connectivity index (χ4n) is 3.12. The molecule has 0 spiro atoms. The van der Waals surface area contributed by atoms with Gasteiger partial charge in [0.05, 0.1) is 17.3 Å². The van der Waals surface area contributed by atoms with Crippen LogP contribution in [0, 0.1) is 0 Å². The summed E-state index contributed by atoms with van der Waals surface area (Å²) in [6, 6.07) is 11.9. The van der Waals surface area contributed by atoms with E-state index in [1.54, 1.807) is 12.4 Å². The van der Waals surface area contributed by atoms with E-state index < -0.39 is 0 Å². The zero-order chi connectivity index (χ0) is 14.9. The smallest absolute Gasteiger partial charge is 0.257 e. The molecule has 110 valence electrons. The molecular formula is C18H16N2O2. The van der Waals surface area contributed by atoms with Crippen molar-refractivity contribution in [1.29, 1.82) is 0 Å². The Morgan fingerprint density at radius 2 is 2.18 bits per heavy atom. The second kappa shape index (κ2) is 5.30. The van der Waals surface area contributed by atoms with Gasteiger partial charge in [-0.05, 0) is 42.0 Å². The molecule has 2 aromatic heterocycles. The summed E-state index contributed by atoms with van der Waals surface area (Å²) in [5.41, 5.74) is 3.10. The molecule has 1 aliphatic rings. The van der Waals surface area contributed by atoms with E-state index >= 15 is 0 Å². The minimum atomic E-state index is 0.0588. The van der Waals surface area contributed by atoms with Gasteiger partial charge in [0.25, 0.3) is 5.56 Å². The Morgan fingerprint density at radius 1 is 1.23 bits per heavy atom. The first-order valence-corrected chi connectivity index (χ1v) is 7.50. The van der Waals surface area contributed by atoms with Gasteiger partial charge in [0.1, 0.15) is 12.4 Å². The molecule has 0 fully saturated rings. The van der Waals surface area contributed by atoms with Gasteiger partial charge < -0.3 is 9.30 Å². The molecule has 0 N–H and O–H groups in total. The van der Waals surface area contributed by atoms with Crippen LogP contribution in [0.5, 0.6) is 5.75 Å². The van der Waals surface area contributed by atoms with Gasteiger partial charge >= 0.3 is 0 Å². The number of hydrogen-bond donors (Lipinski definition) is 0. The summed E-state index contributed by atoms with van der Waals surface area (Å²) in [7, 11) is 0. The number of rotatable bonds is 3. The zero-order valence-electron chi connectivity index (χ0n) is 12.2. The summed E-state index contributed by atoms with van der Waals surface area (Å²) in [4.78, 5) is 16.7. The van der Waals surface area contributed by atoms with Gasteiger partial charge in [0.15, 0.2) is 0 Å². The molecule has 22 heavy (non-hydrogen) atoms. The van der Waals surface area contributed by atoms with Crippen molar-refractivity contribution in [2.45, 2.75) is 26.0 Å². The van der Waals surface area contributed by atoms with Crippen LogP contribution in [0.1, 0.15) is 17.5 Å². The van der Waals surface area contributed by atoms with Crippen molar-refractivity contribution in [3.8, 4) is 5.75 Å². The van der Waals surface area contributed by atoms with E-state index in [0.717, 1.165) is 30.3 Å². The molecule has 0 radical (unpaired) electrons. The fraction of sp³-hybridized carbons (Fsp3) is 0.222. The van der Waals surface area contributed by atoms with Crippen LogP contribution in [0.4, 0.5) is 0 Å². The van der Waals surface area contributed by atoms with Gasteiger partial charge in [-0.3, -0.25) is 9.78 Å². The van der Waals surface area contributed by atoms with Crippen molar-refractivity contribution in [3.63, 3.8) is 0 Å². The van der Waals surface area contributed by atoms with Crippen molar-refractivity contribution in [3.05, 3.63) is 70.3 Å². The number of benzene rings is 1. The Balaban J connectivity index is 1.76. The van der Waals surface area contributed by atoms with Crippen LogP contribution in [0.15, 0.2) is 53.6 Å². The molecule has 0 bridgehead atoms. The quantitative estimate of drug-likeness (QED) is 0.745. The Kier molecular flexibility index (Phi) is 3.15. The molecule has 4 rings (SSSR count). The van der Waals surface area contributed by atoms with E-state index in [4.69, 9.17) is 4.74 Å². The molecule has 3 aromatic rings. The number of aromatic nitrogens is 2. The molecule has 4 nitrogen and oxygen atoms in total. The number of ether oxygens (including phenoxy) is 1. The maximum absolute atomic E-state index is 12.7. The highest BCUT2D eigenvalue weighted by atomic mass is 16.5. The maximum Gasteiger partial charge on any atom is 0.257 e. The lowest BCUT2D eigenvalue weighted by molar-refractivity contribution is 0.302. The molecule has 0 saturated heterocycles. The first kappa shape index (κ1) is 13.1. The molecule has 1 aliphatic heterocycles. The molecule has 4 heteroatoms. The van der Waals surface area contributed by atoms with Crippen LogP contribution in [0.3, 0.4) is 0 Å². The topological polar surface area (TPSA) is 44.1 Å². The van der Waals surface area contributed by atoms with E-state index in [0.29, 0.717) is 11.3 Å². The second-order valence-electron chi connectivity index (χ2n) is 5.56. The minimum Gasteiger partial charge on any atom is -0.487 e. The van der Waals surface area contributed by atoms with E-state index in [-0.39, 0.29) is 12.2 Å². The van der Waals surface area contributed by atoms with Crippen molar-refractivity contribution in [2.75, 3.05) is 0 Å². The summed E-state index contributed by atoms with van der Waals surface area (Å²) in [6.45, 7) is 1.05. The van der Waals surface area contributed by atoms with Crippen LogP contribution < -0.4 is 10.3 Å². The highest BCUT2D eigenvalue weighted by Gasteiger charge is 2.16. The molecule has 1 aromatic carbocycles. The van der Waals surface area contributed by atoms with Gasteiger partial charge in [-0.15, -0.1) is 0 Å². The van der Waals surface area contributed by atoms with Crippen molar-refractivity contribution < 1.29 is 4.74 Å². The highest BCUT2D eigenvalue weighted by Crippen LogP contribution is 2.24. The van der Waals surface area contributed by atoms with Crippen molar-refractivity contribution in [2.24, 2.45) is 0 Å². The first-order valence-electron chi connectivity index (χ1n) is 7.50. The van der Waals surface area contributed by atoms with Crippen molar-refractivity contribution in [1.82, 2.24) is 9.55 Å². The summed E-state index contributed by atoms with van der Waals surface area (Å²) < 4.78 is 7.59. The predicted octanol–water partition coefficient (Wildman–Crippen LogP) is 2.92. The van der Waals surface area contributed by atoms with Crippen LogP contribution >= 0.6 is 0 Å². The lowest BCUT2D eigenvalue weighted by atomic mass is 10.0. The standard InChI is InChI=1S/C18H16N2O2/c21-18-15(12-22-16-7-2-8-19-11-16)10-14-5-1-4-13-6-3-9-20(18)17(13)14/h1-2,4-5,7-8,10-11H,3,6,9,12H2. The SMILES string of the molecule is O=c1c(COc2cccnc2)cc2cccc3c2n1CCC3. The second-order valence-corrected chi connectivity index (χ2v) is 5.56. The number of nitrogens with zero attached hydrogens (tertiary/aromatic N) is 2. The van der Waals surface area contributed by atoms with Crippen LogP contribution in [0.2, 0.25) is 0 Å². The third-order valence-corrected chi connectivity index (χ3v) is 4.13. The fourth-order valence-corrected chi connectivity index (χ4v) is 3.12. The average molecular weight is 292 g/mol. The van der Waals surface area contributed by atoms with Gasteiger partial charge in [-0.25, -0.2) is 0 Å². The normalized spacial score (nSPS) is 13.3. The number of hydrogen-bond acceptors (Lipinski definition) is 3. The molecule has 0 atom stereocenters. The minimum absolute atomic E-state index is 0.0588. The van der Waals surface area contributed by atoms with Gasteiger partial charge in [-0.2, -0.15) is 0 Å². The number of pyridine rings is 2. The Hall–Kier alpha value is -2.62. The largest absolute Gasteiger partial charge is 0.487 e. The number of para-hydroxylation sites is 1. The van der Waals surface area contributed by atoms with E-state index in [9.17, 15) is 4.79 Å². The molecule has 0 amide bonds. The molecule has 3 heterocycles. The first-order chi connectivity index (χ1) is 10.8. The molecule has 0 unspecified atom stereocenters. The van der Waals surface area contributed by atoms with Crippen LogP contribution in [0.25, 0.3) is 10.9 Å². The Labute approximate surface area is 128 Å². The lowest BCUT2D eigenvalue weighted by Crippen LogP contribution is -2.28. The summed E-state index contributed by atoms with van der Waals surface area (Å²) in [5.74, 6) is 0.675. The molecule has 0 aliphatic carbocycles.